The average molecular weight is 565 g/mol. The summed E-state index contributed by atoms with van der Waals surface area (Å²) >= 11 is 1.40. The minimum atomic E-state index is -0.298. The van der Waals surface area contributed by atoms with Crippen LogP contribution >= 0.6 is 11.3 Å². The van der Waals surface area contributed by atoms with Crippen LogP contribution in [-0.2, 0) is 0 Å². The van der Waals surface area contributed by atoms with E-state index in [9.17, 15) is 9.18 Å². The Bertz CT molecular complexity index is 1830. The lowest BCUT2D eigenvalue weighted by atomic mass is 9.83. The first kappa shape index (κ1) is 27.0. The van der Waals surface area contributed by atoms with E-state index in [0.29, 0.717) is 9.33 Å². The molecule has 4 aromatic rings. The van der Waals surface area contributed by atoms with Gasteiger partial charge in [-0.3, -0.25) is 9.36 Å². The Labute approximate surface area is 243 Å². The van der Waals surface area contributed by atoms with Gasteiger partial charge in [0.25, 0.3) is 5.56 Å². The van der Waals surface area contributed by atoms with Crippen molar-refractivity contribution in [1.82, 2.24) is 4.57 Å². The Morgan fingerprint density at radius 3 is 2.05 bits per heavy atom. The highest BCUT2D eigenvalue weighted by Crippen LogP contribution is 2.41. The first-order valence-corrected chi connectivity index (χ1v) is 14.7. The third-order valence-electron chi connectivity index (χ3n) is 7.78. The quantitative estimate of drug-likeness (QED) is 0.310. The normalized spacial score (nSPS) is 17.7. The van der Waals surface area contributed by atoms with Crippen LogP contribution in [0.1, 0.15) is 42.0 Å². The zero-order chi connectivity index (χ0) is 28.7. The summed E-state index contributed by atoms with van der Waals surface area (Å²) in [5, 5.41) is 0. The highest BCUT2D eigenvalue weighted by Gasteiger charge is 2.32. The van der Waals surface area contributed by atoms with Crippen LogP contribution in [0, 0.1) is 5.82 Å². The van der Waals surface area contributed by atoms with Gasteiger partial charge in [0, 0.05) is 39.6 Å². The number of hydrogen-bond acceptors (Lipinski definition) is 5. The molecule has 1 aliphatic heterocycles. The van der Waals surface area contributed by atoms with E-state index in [1.54, 1.807) is 12.1 Å². The molecule has 1 aromatic heterocycles. The number of nitrogens with zero attached hydrogens (tertiary/aromatic N) is 4. The van der Waals surface area contributed by atoms with Crippen LogP contribution in [0.15, 0.2) is 99.4 Å². The maximum absolute atomic E-state index is 13.9. The Balaban J connectivity index is 1.53. The maximum atomic E-state index is 13.9. The van der Waals surface area contributed by atoms with Crippen LogP contribution in [0.25, 0.3) is 12.2 Å². The molecular weight excluding hydrogens is 531 g/mol. The Hall–Kier alpha value is -4.23. The molecule has 0 fully saturated rings. The van der Waals surface area contributed by atoms with Gasteiger partial charge in [-0.05, 0) is 95.6 Å². The standard InChI is InChI=1S/C34H33FN4OS/c1-37(2)27-16-10-22(11-17-27)20-25-6-5-7-29-31(25)36-34-39(32(29)24-12-18-28(19-13-24)38(3)4)33(40)30(41-34)21-23-8-14-26(35)15-9-23/h8-21,32H,5-7H2,1-4H3/b25-20+,30-21-. The molecule has 6 rings (SSSR count). The highest BCUT2D eigenvalue weighted by molar-refractivity contribution is 7.07. The van der Waals surface area contributed by atoms with E-state index in [4.69, 9.17) is 4.99 Å². The second kappa shape index (κ2) is 11.0. The second-order valence-corrected chi connectivity index (χ2v) is 12.0. The number of thiazole rings is 1. The van der Waals surface area contributed by atoms with Crippen molar-refractivity contribution in [3.05, 3.63) is 132 Å². The van der Waals surface area contributed by atoms with E-state index >= 15 is 0 Å². The van der Waals surface area contributed by atoms with Crippen molar-refractivity contribution in [1.29, 1.82) is 0 Å². The van der Waals surface area contributed by atoms with Gasteiger partial charge in [-0.25, -0.2) is 9.38 Å². The molecular formula is C34H33FN4OS. The number of hydrogen-bond donors (Lipinski definition) is 0. The smallest absolute Gasteiger partial charge is 0.271 e. The maximum Gasteiger partial charge on any atom is 0.271 e. The number of allylic oxidation sites excluding steroid dienone is 2. The van der Waals surface area contributed by atoms with Crippen LogP contribution in [0.4, 0.5) is 15.8 Å². The molecule has 0 spiro atoms. The van der Waals surface area contributed by atoms with Crippen LogP contribution in [0.2, 0.25) is 0 Å². The molecule has 5 nitrogen and oxygen atoms in total. The van der Waals surface area contributed by atoms with Gasteiger partial charge in [-0.15, -0.1) is 0 Å². The van der Waals surface area contributed by atoms with Gasteiger partial charge in [0.05, 0.1) is 16.3 Å². The number of halogens is 1. The highest BCUT2D eigenvalue weighted by atomic mass is 32.1. The third-order valence-corrected chi connectivity index (χ3v) is 8.76. The summed E-state index contributed by atoms with van der Waals surface area (Å²) in [5.41, 5.74) is 8.59. The van der Waals surface area contributed by atoms with Crippen molar-refractivity contribution in [3.8, 4) is 0 Å². The topological polar surface area (TPSA) is 40.8 Å². The van der Waals surface area contributed by atoms with Gasteiger partial charge < -0.3 is 9.80 Å². The number of benzene rings is 3. The van der Waals surface area contributed by atoms with Crippen LogP contribution in [0.3, 0.4) is 0 Å². The molecule has 0 radical (unpaired) electrons. The van der Waals surface area contributed by atoms with Crippen molar-refractivity contribution < 1.29 is 4.39 Å². The molecule has 1 unspecified atom stereocenters. The Kier molecular flexibility index (Phi) is 7.22. The van der Waals surface area contributed by atoms with Crippen LogP contribution in [-0.4, -0.2) is 32.8 Å². The van der Waals surface area contributed by atoms with Crippen molar-refractivity contribution in [2.24, 2.45) is 4.99 Å². The lowest BCUT2D eigenvalue weighted by molar-refractivity contribution is 0.553. The molecule has 0 N–H and O–H groups in total. The molecule has 7 heteroatoms. The molecule has 0 saturated heterocycles. The molecule has 2 heterocycles. The first-order chi connectivity index (χ1) is 19.8. The summed E-state index contributed by atoms with van der Waals surface area (Å²) in [5.74, 6) is -0.298. The molecule has 1 atom stereocenters. The molecule has 41 heavy (non-hydrogen) atoms. The summed E-state index contributed by atoms with van der Waals surface area (Å²) in [6, 6.07) is 23.0. The molecule has 0 saturated carbocycles. The van der Waals surface area contributed by atoms with E-state index in [1.165, 1.54) is 34.6 Å². The number of rotatable bonds is 5. The summed E-state index contributed by atoms with van der Waals surface area (Å²) in [6.45, 7) is 0. The molecule has 208 valence electrons. The predicted octanol–water partition coefficient (Wildman–Crippen LogP) is 5.75. The number of aromatic nitrogens is 1. The number of anilines is 2. The summed E-state index contributed by atoms with van der Waals surface area (Å²) in [4.78, 5) is 23.9. The van der Waals surface area contributed by atoms with Crippen molar-refractivity contribution in [2.75, 3.05) is 38.0 Å². The third kappa shape index (κ3) is 5.30. The molecule has 0 amide bonds. The predicted molar refractivity (Wildman–Crippen MR) is 168 cm³/mol. The van der Waals surface area contributed by atoms with E-state index in [0.717, 1.165) is 53.0 Å². The van der Waals surface area contributed by atoms with Gasteiger partial charge in [0.2, 0.25) is 0 Å². The first-order valence-electron chi connectivity index (χ1n) is 13.8. The zero-order valence-corrected chi connectivity index (χ0v) is 24.6. The number of fused-ring (bicyclic) bond motifs is 1. The summed E-state index contributed by atoms with van der Waals surface area (Å²) < 4.78 is 16.0. The van der Waals surface area contributed by atoms with Crippen molar-refractivity contribution in [3.63, 3.8) is 0 Å². The van der Waals surface area contributed by atoms with Crippen molar-refractivity contribution in [2.45, 2.75) is 25.3 Å². The molecule has 3 aromatic carbocycles. The molecule has 2 aliphatic rings. The van der Waals surface area contributed by atoms with Gasteiger partial charge in [-0.2, -0.15) is 0 Å². The van der Waals surface area contributed by atoms with Crippen LogP contribution < -0.4 is 24.7 Å². The fourth-order valence-electron chi connectivity index (χ4n) is 5.59. The minimum Gasteiger partial charge on any atom is -0.378 e. The van der Waals surface area contributed by atoms with E-state index in [-0.39, 0.29) is 17.4 Å². The fourth-order valence-corrected chi connectivity index (χ4v) is 6.59. The van der Waals surface area contributed by atoms with Crippen molar-refractivity contribution >= 4 is 34.9 Å². The summed E-state index contributed by atoms with van der Waals surface area (Å²) in [7, 11) is 8.13. The van der Waals surface area contributed by atoms with Gasteiger partial charge >= 0.3 is 0 Å². The van der Waals surface area contributed by atoms with E-state index < -0.39 is 0 Å². The van der Waals surface area contributed by atoms with Crippen LogP contribution in [0.5, 0.6) is 0 Å². The van der Waals surface area contributed by atoms with Gasteiger partial charge in [0.1, 0.15) is 5.82 Å². The Morgan fingerprint density at radius 1 is 0.829 bits per heavy atom. The second-order valence-electron chi connectivity index (χ2n) is 11.0. The van der Waals surface area contributed by atoms with E-state index in [1.807, 2.05) is 38.8 Å². The van der Waals surface area contributed by atoms with Gasteiger partial charge in [0.15, 0.2) is 4.80 Å². The lowest BCUT2D eigenvalue weighted by Gasteiger charge is -2.31. The van der Waals surface area contributed by atoms with Gasteiger partial charge in [-0.1, -0.05) is 47.7 Å². The molecule has 0 bridgehead atoms. The minimum absolute atomic E-state index is 0.0679. The monoisotopic (exact) mass is 564 g/mol. The fraction of sp³-hybridized carbons (Fsp3) is 0.235. The molecule has 1 aliphatic carbocycles. The van der Waals surface area contributed by atoms with E-state index in [2.05, 4.69) is 64.4 Å². The zero-order valence-electron chi connectivity index (χ0n) is 23.8. The SMILES string of the molecule is CN(C)c1ccc(/C=C2\CCCC3=C2N=c2s/c(=C\c4ccc(F)cc4)c(=O)n2C3c2ccc(N(C)C)cc2)cc1. The average Bonchev–Trinajstić information content (AvgIpc) is 3.28. The largest absolute Gasteiger partial charge is 0.378 e. The summed E-state index contributed by atoms with van der Waals surface area (Å²) in [6.07, 6.45) is 6.91. The Morgan fingerprint density at radius 2 is 1.41 bits per heavy atom. The lowest BCUT2D eigenvalue weighted by Crippen LogP contribution is -2.39.